The van der Waals surface area contributed by atoms with Crippen molar-refractivity contribution in [3.63, 3.8) is 0 Å². The molecule has 0 atom stereocenters. The molecule has 2 rings (SSSR count). The van der Waals surface area contributed by atoms with E-state index in [2.05, 4.69) is 10.5 Å². The van der Waals surface area contributed by atoms with Crippen LogP contribution in [0, 0.1) is 5.82 Å². The van der Waals surface area contributed by atoms with Gasteiger partial charge in [0.1, 0.15) is 11.6 Å². The van der Waals surface area contributed by atoms with Crippen molar-refractivity contribution in [2.75, 3.05) is 0 Å². The second-order valence-corrected chi connectivity index (χ2v) is 4.35. The first-order valence-corrected chi connectivity index (χ1v) is 6.01. The minimum atomic E-state index is -0.477. The van der Waals surface area contributed by atoms with Crippen LogP contribution in [0.3, 0.4) is 0 Å². The lowest BCUT2D eigenvalue weighted by molar-refractivity contribution is 0.0955. The van der Waals surface area contributed by atoms with Crippen LogP contribution in [-0.2, 0) is 0 Å². The van der Waals surface area contributed by atoms with Crippen molar-refractivity contribution >= 4 is 23.7 Å². The fraction of sp³-hybridized carbons (Fsp3) is 0. The minimum absolute atomic E-state index is 0.0442. The number of phenols is 1. The zero-order valence-corrected chi connectivity index (χ0v) is 10.9. The van der Waals surface area contributed by atoms with Crippen LogP contribution in [0.5, 0.6) is 5.75 Å². The van der Waals surface area contributed by atoms with Crippen LogP contribution in [0.15, 0.2) is 47.6 Å². The van der Waals surface area contributed by atoms with E-state index in [-0.39, 0.29) is 11.3 Å². The van der Waals surface area contributed by atoms with Gasteiger partial charge in [0, 0.05) is 16.1 Å². The zero-order chi connectivity index (χ0) is 14.5. The van der Waals surface area contributed by atoms with Crippen LogP contribution in [-0.4, -0.2) is 17.2 Å². The van der Waals surface area contributed by atoms with E-state index in [1.807, 2.05) is 0 Å². The summed E-state index contributed by atoms with van der Waals surface area (Å²) < 4.78 is 12.7. The second kappa shape index (κ2) is 6.16. The van der Waals surface area contributed by atoms with Crippen LogP contribution in [0.25, 0.3) is 0 Å². The summed E-state index contributed by atoms with van der Waals surface area (Å²) in [6, 6.07) is 9.58. The number of aromatic hydroxyl groups is 1. The number of hydrazone groups is 1. The van der Waals surface area contributed by atoms with Crippen molar-refractivity contribution in [2.24, 2.45) is 5.10 Å². The Balaban J connectivity index is 2.02. The molecule has 0 aliphatic heterocycles. The SMILES string of the molecule is O=C(N/N=C/c1ccc(Cl)cc1O)c1ccc(F)cc1. The summed E-state index contributed by atoms with van der Waals surface area (Å²) in [6.45, 7) is 0. The Hall–Kier alpha value is -2.40. The number of nitrogens with zero attached hydrogens (tertiary/aromatic N) is 1. The first kappa shape index (κ1) is 14.0. The molecule has 0 saturated heterocycles. The van der Waals surface area contributed by atoms with Crippen LogP contribution < -0.4 is 5.43 Å². The summed E-state index contributed by atoms with van der Waals surface area (Å²) in [4.78, 5) is 11.7. The molecule has 0 aromatic heterocycles. The number of amides is 1. The Morgan fingerprint density at radius 2 is 1.95 bits per heavy atom. The van der Waals surface area contributed by atoms with Gasteiger partial charge in [0.15, 0.2) is 0 Å². The molecule has 20 heavy (non-hydrogen) atoms. The highest BCUT2D eigenvalue weighted by Gasteiger charge is 2.04. The summed E-state index contributed by atoms with van der Waals surface area (Å²) in [6.07, 6.45) is 1.28. The predicted octanol–water partition coefficient (Wildman–Crippen LogP) is 2.95. The van der Waals surface area contributed by atoms with Gasteiger partial charge in [0.25, 0.3) is 5.91 Å². The fourth-order valence-corrected chi connectivity index (χ4v) is 1.62. The average Bonchev–Trinajstić information content (AvgIpc) is 2.42. The topological polar surface area (TPSA) is 61.7 Å². The fourth-order valence-electron chi connectivity index (χ4n) is 1.45. The van der Waals surface area contributed by atoms with Crippen LogP contribution >= 0.6 is 11.6 Å². The van der Waals surface area contributed by atoms with Gasteiger partial charge in [-0.25, -0.2) is 9.82 Å². The predicted molar refractivity (Wildman–Crippen MR) is 74.6 cm³/mol. The Morgan fingerprint density at radius 3 is 2.60 bits per heavy atom. The van der Waals surface area contributed by atoms with E-state index in [4.69, 9.17) is 11.6 Å². The van der Waals surface area contributed by atoms with E-state index in [0.29, 0.717) is 10.6 Å². The van der Waals surface area contributed by atoms with Crippen molar-refractivity contribution in [3.05, 3.63) is 64.4 Å². The van der Waals surface area contributed by atoms with Crippen molar-refractivity contribution in [2.45, 2.75) is 0 Å². The van der Waals surface area contributed by atoms with E-state index in [0.717, 1.165) is 0 Å². The molecular formula is C14H10ClFN2O2. The highest BCUT2D eigenvalue weighted by atomic mass is 35.5. The summed E-state index contributed by atoms with van der Waals surface area (Å²) in [5.41, 5.74) is 2.96. The standard InChI is InChI=1S/C14H10ClFN2O2/c15-11-4-1-10(13(19)7-11)8-17-18-14(20)9-2-5-12(16)6-3-9/h1-8,19H,(H,18,20)/b17-8+. The monoisotopic (exact) mass is 292 g/mol. The maximum absolute atomic E-state index is 12.7. The van der Waals surface area contributed by atoms with Gasteiger partial charge in [-0.05, 0) is 42.5 Å². The van der Waals surface area contributed by atoms with Gasteiger partial charge >= 0.3 is 0 Å². The quantitative estimate of drug-likeness (QED) is 0.675. The third-order valence-corrected chi connectivity index (χ3v) is 2.70. The molecule has 0 heterocycles. The number of carbonyl (C=O) groups is 1. The van der Waals surface area contributed by atoms with Crippen LogP contribution in [0.4, 0.5) is 4.39 Å². The number of carbonyl (C=O) groups excluding carboxylic acids is 1. The molecule has 0 bridgehead atoms. The van der Waals surface area contributed by atoms with E-state index in [9.17, 15) is 14.3 Å². The van der Waals surface area contributed by atoms with Crippen molar-refractivity contribution < 1.29 is 14.3 Å². The Bertz CT molecular complexity index is 657. The van der Waals surface area contributed by atoms with Gasteiger partial charge in [-0.3, -0.25) is 4.79 Å². The zero-order valence-electron chi connectivity index (χ0n) is 10.2. The van der Waals surface area contributed by atoms with Crippen molar-refractivity contribution in [3.8, 4) is 5.75 Å². The normalized spacial score (nSPS) is 10.7. The molecule has 0 aliphatic rings. The number of hydrogen-bond donors (Lipinski definition) is 2. The van der Waals surface area contributed by atoms with E-state index >= 15 is 0 Å². The van der Waals surface area contributed by atoms with Crippen molar-refractivity contribution in [1.82, 2.24) is 5.43 Å². The second-order valence-electron chi connectivity index (χ2n) is 3.91. The third-order valence-electron chi connectivity index (χ3n) is 2.47. The van der Waals surface area contributed by atoms with Crippen LogP contribution in [0.2, 0.25) is 5.02 Å². The van der Waals surface area contributed by atoms with Gasteiger partial charge in [-0.2, -0.15) is 5.10 Å². The lowest BCUT2D eigenvalue weighted by atomic mass is 10.2. The Morgan fingerprint density at radius 1 is 1.25 bits per heavy atom. The molecule has 0 aliphatic carbocycles. The number of benzene rings is 2. The number of rotatable bonds is 3. The lowest BCUT2D eigenvalue weighted by Crippen LogP contribution is -2.17. The highest BCUT2D eigenvalue weighted by Crippen LogP contribution is 2.20. The van der Waals surface area contributed by atoms with Gasteiger partial charge in [0.2, 0.25) is 0 Å². The molecule has 102 valence electrons. The number of halogens is 2. The largest absolute Gasteiger partial charge is 0.507 e. The average molecular weight is 293 g/mol. The van der Waals surface area contributed by atoms with Gasteiger partial charge in [0.05, 0.1) is 6.21 Å². The molecule has 6 heteroatoms. The summed E-state index contributed by atoms with van der Waals surface area (Å²) in [7, 11) is 0. The molecule has 2 aromatic rings. The third kappa shape index (κ3) is 3.55. The summed E-state index contributed by atoms with van der Waals surface area (Å²) in [5, 5.41) is 13.7. The lowest BCUT2D eigenvalue weighted by Gasteiger charge is -2.01. The number of hydrogen-bond acceptors (Lipinski definition) is 3. The van der Waals surface area contributed by atoms with E-state index < -0.39 is 11.7 Å². The first-order valence-electron chi connectivity index (χ1n) is 5.64. The molecule has 0 saturated carbocycles. The summed E-state index contributed by atoms with van der Waals surface area (Å²) in [5.74, 6) is -0.942. The Kier molecular flexibility index (Phi) is 4.32. The first-order chi connectivity index (χ1) is 9.56. The molecule has 0 spiro atoms. The molecule has 1 amide bonds. The molecule has 0 unspecified atom stereocenters. The van der Waals surface area contributed by atoms with Gasteiger partial charge < -0.3 is 5.11 Å². The molecule has 2 aromatic carbocycles. The van der Waals surface area contributed by atoms with E-state index in [1.54, 1.807) is 12.1 Å². The molecule has 0 radical (unpaired) electrons. The minimum Gasteiger partial charge on any atom is -0.507 e. The maximum atomic E-state index is 12.7. The maximum Gasteiger partial charge on any atom is 0.271 e. The molecule has 0 fully saturated rings. The summed E-state index contributed by atoms with van der Waals surface area (Å²) >= 11 is 5.69. The number of phenolic OH excluding ortho intramolecular Hbond substituents is 1. The number of nitrogens with one attached hydrogen (secondary N) is 1. The molecule has 4 nitrogen and oxygen atoms in total. The Labute approximate surface area is 119 Å². The smallest absolute Gasteiger partial charge is 0.271 e. The van der Waals surface area contributed by atoms with Crippen LogP contribution in [0.1, 0.15) is 15.9 Å². The van der Waals surface area contributed by atoms with E-state index in [1.165, 1.54) is 36.5 Å². The highest BCUT2D eigenvalue weighted by molar-refractivity contribution is 6.30. The molecule has 2 N–H and O–H groups in total. The molecular weight excluding hydrogens is 283 g/mol. The van der Waals surface area contributed by atoms with Gasteiger partial charge in [-0.1, -0.05) is 11.6 Å². The van der Waals surface area contributed by atoms with Gasteiger partial charge in [-0.15, -0.1) is 0 Å². The van der Waals surface area contributed by atoms with Crippen molar-refractivity contribution in [1.29, 1.82) is 0 Å².